The third kappa shape index (κ3) is 2.69. The number of imidazole rings is 1. The van der Waals surface area contributed by atoms with Crippen LogP contribution >= 0.6 is 0 Å². The van der Waals surface area contributed by atoms with Crippen LogP contribution in [0.3, 0.4) is 0 Å². The maximum atomic E-state index is 13.1. The lowest BCUT2D eigenvalue weighted by molar-refractivity contribution is 0.458. The number of rotatable bonds is 3. The fraction of sp³-hybridized carbons (Fsp3) is 0.381. The number of hydrogen-bond acceptors (Lipinski definition) is 4. The molecule has 146 valence electrons. The first-order valence-corrected chi connectivity index (χ1v) is 9.48. The second-order valence-corrected chi connectivity index (χ2v) is 7.80. The molecule has 1 aliphatic rings. The van der Waals surface area contributed by atoms with Crippen molar-refractivity contribution in [1.29, 1.82) is 0 Å². The fourth-order valence-corrected chi connectivity index (χ4v) is 4.12. The molecule has 0 bridgehead atoms. The molecule has 0 aliphatic carbocycles. The molecule has 1 aliphatic heterocycles. The van der Waals surface area contributed by atoms with E-state index in [0.29, 0.717) is 29.6 Å². The van der Waals surface area contributed by atoms with Gasteiger partial charge in [0.2, 0.25) is 5.95 Å². The van der Waals surface area contributed by atoms with Crippen LogP contribution in [0.2, 0.25) is 0 Å². The number of anilines is 2. The number of aryl methyl sites for hydroxylation is 3. The molecule has 0 radical (unpaired) electrons. The lowest BCUT2D eigenvalue weighted by Crippen LogP contribution is -2.40. The van der Waals surface area contributed by atoms with E-state index >= 15 is 0 Å². The summed E-state index contributed by atoms with van der Waals surface area (Å²) in [4.78, 5) is 32.6. The maximum absolute atomic E-state index is 13.1. The summed E-state index contributed by atoms with van der Waals surface area (Å²) in [5, 5.41) is 0. The van der Waals surface area contributed by atoms with Gasteiger partial charge in [-0.3, -0.25) is 13.9 Å². The summed E-state index contributed by atoms with van der Waals surface area (Å²) in [7, 11) is 1.66. The molecule has 4 rings (SSSR count). The molecule has 0 spiro atoms. The Morgan fingerprint density at radius 2 is 1.86 bits per heavy atom. The largest absolute Gasteiger partial charge is 0.332 e. The second kappa shape index (κ2) is 6.51. The molecule has 1 unspecified atom stereocenters. The van der Waals surface area contributed by atoms with Gasteiger partial charge in [-0.05, 0) is 43.0 Å². The van der Waals surface area contributed by atoms with Crippen molar-refractivity contribution in [3.05, 3.63) is 62.8 Å². The summed E-state index contributed by atoms with van der Waals surface area (Å²) in [6.45, 7) is 11.6. The van der Waals surface area contributed by atoms with Gasteiger partial charge < -0.3 is 9.47 Å². The van der Waals surface area contributed by atoms with Crippen LogP contribution in [0.4, 0.5) is 11.6 Å². The van der Waals surface area contributed by atoms with Crippen molar-refractivity contribution in [3.63, 3.8) is 0 Å². The number of benzene rings is 1. The highest BCUT2D eigenvalue weighted by Crippen LogP contribution is 2.33. The van der Waals surface area contributed by atoms with Gasteiger partial charge in [0.25, 0.3) is 5.56 Å². The predicted octanol–water partition coefficient (Wildman–Crippen LogP) is 2.49. The zero-order valence-electron chi connectivity index (χ0n) is 16.8. The SMILES string of the molecule is C=CCn1c(=O)c2c(nc3n2CC(C)CN3c2cc(C)cc(C)c2)n(C)c1=O. The first-order chi connectivity index (χ1) is 13.3. The summed E-state index contributed by atoms with van der Waals surface area (Å²) in [6, 6.07) is 6.39. The van der Waals surface area contributed by atoms with Gasteiger partial charge in [0.1, 0.15) is 0 Å². The van der Waals surface area contributed by atoms with Gasteiger partial charge in [-0.2, -0.15) is 4.98 Å². The zero-order chi connectivity index (χ0) is 20.2. The molecule has 28 heavy (non-hydrogen) atoms. The predicted molar refractivity (Wildman–Crippen MR) is 112 cm³/mol. The van der Waals surface area contributed by atoms with E-state index in [2.05, 4.69) is 50.4 Å². The van der Waals surface area contributed by atoms with Crippen molar-refractivity contribution in [3.8, 4) is 0 Å². The third-order valence-corrected chi connectivity index (χ3v) is 5.27. The van der Waals surface area contributed by atoms with E-state index < -0.39 is 0 Å². The van der Waals surface area contributed by atoms with Crippen molar-refractivity contribution in [2.75, 3.05) is 11.4 Å². The van der Waals surface area contributed by atoms with E-state index in [9.17, 15) is 9.59 Å². The molecule has 2 aromatic heterocycles. The Morgan fingerprint density at radius 1 is 1.18 bits per heavy atom. The molecular formula is C21H25N5O2. The van der Waals surface area contributed by atoms with Gasteiger partial charge in [0.05, 0.1) is 0 Å². The van der Waals surface area contributed by atoms with Crippen LogP contribution < -0.4 is 16.1 Å². The number of hydrogen-bond donors (Lipinski definition) is 0. The lowest BCUT2D eigenvalue weighted by Gasteiger charge is -2.33. The molecule has 0 N–H and O–H groups in total. The van der Waals surface area contributed by atoms with Crippen molar-refractivity contribution >= 4 is 22.8 Å². The van der Waals surface area contributed by atoms with Crippen LogP contribution in [-0.4, -0.2) is 25.2 Å². The molecule has 0 saturated carbocycles. The smallest absolute Gasteiger partial charge is 0.312 e. The lowest BCUT2D eigenvalue weighted by atomic mass is 10.1. The summed E-state index contributed by atoms with van der Waals surface area (Å²) >= 11 is 0. The van der Waals surface area contributed by atoms with Crippen LogP contribution in [0.25, 0.3) is 11.2 Å². The van der Waals surface area contributed by atoms with Crippen molar-refractivity contribution in [1.82, 2.24) is 18.7 Å². The first kappa shape index (κ1) is 18.3. The second-order valence-electron chi connectivity index (χ2n) is 7.80. The number of fused-ring (bicyclic) bond motifs is 3. The normalized spacial score (nSPS) is 16.4. The molecule has 0 amide bonds. The molecule has 1 aromatic carbocycles. The Labute approximate surface area is 163 Å². The highest BCUT2D eigenvalue weighted by atomic mass is 16.2. The van der Waals surface area contributed by atoms with E-state index in [1.807, 2.05) is 4.57 Å². The van der Waals surface area contributed by atoms with E-state index in [0.717, 1.165) is 12.2 Å². The molecule has 1 atom stereocenters. The quantitative estimate of drug-likeness (QED) is 0.656. The summed E-state index contributed by atoms with van der Waals surface area (Å²) in [6.07, 6.45) is 1.56. The molecule has 7 heteroatoms. The summed E-state index contributed by atoms with van der Waals surface area (Å²) in [5.41, 5.74) is 3.61. The Hall–Kier alpha value is -3.09. The van der Waals surface area contributed by atoms with Crippen LogP contribution in [0.5, 0.6) is 0 Å². The Morgan fingerprint density at radius 3 is 2.50 bits per heavy atom. The maximum Gasteiger partial charge on any atom is 0.332 e. The van der Waals surface area contributed by atoms with Crippen molar-refractivity contribution in [2.45, 2.75) is 33.9 Å². The molecule has 0 fully saturated rings. The van der Waals surface area contributed by atoms with E-state index in [1.165, 1.54) is 20.3 Å². The average molecular weight is 379 g/mol. The van der Waals surface area contributed by atoms with Gasteiger partial charge in [-0.25, -0.2) is 4.79 Å². The van der Waals surface area contributed by atoms with E-state index in [4.69, 9.17) is 4.98 Å². The van der Waals surface area contributed by atoms with Gasteiger partial charge in [-0.15, -0.1) is 6.58 Å². The van der Waals surface area contributed by atoms with Crippen molar-refractivity contribution < 1.29 is 0 Å². The average Bonchev–Trinajstić information content (AvgIpc) is 3.01. The standard InChI is InChI=1S/C21H25N5O2/c1-6-7-24-19(27)17-18(23(5)21(24)28)22-20-25(11-15(4)12-26(17)20)16-9-13(2)8-14(3)10-16/h6,8-10,15H,1,7,11-12H2,2-5H3. The van der Waals surface area contributed by atoms with E-state index in [-0.39, 0.29) is 17.8 Å². The number of nitrogens with zero attached hydrogens (tertiary/aromatic N) is 5. The topological polar surface area (TPSA) is 65.1 Å². The van der Waals surface area contributed by atoms with Crippen LogP contribution in [0.1, 0.15) is 18.1 Å². The van der Waals surface area contributed by atoms with Crippen LogP contribution in [0, 0.1) is 19.8 Å². The highest BCUT2D eigenvalue weighted by Gasteiger charge is 2.29. The highest BCUT2D eigenvalue weighted by molar-refractivity contribution is 5.77. The van der Waals surface area contributed by atoms with Gasteiger partial charge in [0.15, 0.2) is 11.2 Å². The Kier molecular flexibility index (Phi) is 4.25. The number of aromatic nitrogens is 4. The zero-order valence-corrected chi connectivity index (χ0v) is 16.8. The van der Waals surface area contributed by atoms with Crippen LogP contribution in [-0.2, 0) is 20.1 Å². The summed E-state index contributed by atoms with van der Waals surface area (Å²) in [5.74, 6) is 1.04. The molecular weight excluding hydrogens is 354 g/mol. The van der Waals surface area contributed by atoms with Gasteiger partial charge in [0, 0.05) is 32.4 Å². The third-order valence-electron chi connectivity index (χ3n) is 5.27. The Bertz CT molecular complexity index is 1190. The van der Waals surface area contributed by atoms with E-state index in [1.54, 1.807) is 13.1 Å². The van der Waals surface area contributed by atoms with Crippen LogP contribution in [0.15, 0.2) is 40.4 Å². The minimum Gasteiger partial charge on any atom is -0.312 e. The minimum absolute atomic E-state index is 0.179. The van der Waals surface area contributed by atoms with Gasteiger partial charge >= 0.3 is 5.69 Å². The summed E-state index contributed by atoms with van der Waals surface area (Å²) < 4.78 is 4.63. The molecule has 7 nitrogen and oxygen atoms in total. The molecule has 3 aromatic rings. The van der Waals surface area contributed by atoms with Gasteiger partial charge in [-0.1, -0.05) is 19.1 Å². The first-order valence-electron chi connectivity index (χ1n) is 9.48. The monoisotopic (exact) mass is 379 g/mol. The fourth-order valence-electron chi connectivity index (χ4n) is 4.12. The molecule has 3 heterocycles. The Balaban J connectivity index is 2.03. The number of allylic oxidation sites excluding steroid dienone is 1. The van der Waals surface area contributed by atoms with Crippen molar-refractivity contribution in [2.24, 2.45) is 13.0 Å². The minimum atomic E-state index is -0.376. The molecule has 0 saturated heterocycles.